The van der Waals surface area contributed by atoms with Crippen molar-refractivity contribution >= 4 is 0 Å². The summed E-state index contributed by atoms with van der Waals surface area (Å²) < 4.78 is 14.9. The van der Waals surface area contributed by atoms with E-state index in [1.165, 1.54) is 12.1 Å². The maximum atomic E-state index is 13.2. The number of nitrogens with zero attached hydrogens (tertiary/aromatic N) is 3. The second kappa shape index (κ2) is 3.78. The van der Waals surface area contributed by atoms with Crippen LogP contribution < -0.4 is 0 Å². The van der Waals surface area contributed by atoms with Crippen LogP contribution in [-0.2, 0) is 0 Å². The zero-order chi connectivity index (χ0) is 11.7. The van der Waals surface area contributed by atoms with Crippen LogP contribution in [0.15, 0.2) is 24.3 Å². The van der Waals surface area contributed by atoms with Gasteiger partial charge in [0.25, 0.3) is 0 Å². The Bertz CT molecular complexity index is 578. The topological polar surface area (TPSA) is 41.6 Å². The molecule has 2 rings (SSSR count). The van der Waals surface area contributed by atoms with E-state index in [1.54, 1.807) is 10.7 Å². The molecule has 4 heteroatoms. The van der Waals surface area contributed by atoms with Gasteiger partial charge in [0.2, 0.25) is 0 Å². The minimum absolute atomic E-state index is 0.294. The molecule has 0 aliphatic carbocycles. The van der Waals surface area contributed by atoms with Crippen LogP contribution in [0, 0.1) is 31.0 Å². The summed E-state index contributed by atoms with van der Waals surface area (Å²) >= 11 is 0. The lowest BCUT2D eigenvalue weighted by Gasteiger charge is -2.04. The molecule has 0 saturated heterocycles. The summed E-state index contributed by atoms with van der Waals surface area (Å²) in [4.78, 5) is 0. The molecule has 0 fully saturated rings. The van der Waals surface area contributed by atoms with Crippen LogP contribution in [0.1, 0.15) is 17.0 Å². The van der Waals surface area contributed by atoms with Crippen molar-refractivity contribution in [2.45, 2.75) is 13.8 Å². The van der Waals surface area contributed by atoms with Crippen molar-refractivity contribution < 1.29 is 4.39 Å². The fourth-order valence-electron chi connectivity index (χ4n) is 1.65. The van der Waals surface area contributed by atoms with Crippen molar-refractivity contribution in [3.05, 3.63) is 47.0 Å². The summed E-state index contributed by atoms with van der Waals surface area (Å²) in [6.07, 6.45) is 0. The number of halogens is 1. The molecule has 0 unspecified atom stereocenters. The Morgan fingerprint density at radius 2 is 2.00 bits per heavy atom. The van der Waals surface area contributed by atoms with Gasteiger partial charge in [-0.1, -0.05) is 0 Å². The second-order valence-electron chi connectivity index (χ2n) is 3.65. The quantitative estimate of drug-likeness (QED) is 0.733. The number of aryl methyl sites for hydroxylation is 2. The van der Waals surface area contributed by atoms with Crippen LogP contribution in [0.3, 0.4) is 0 Å². The number of rotatable bonds is 1. The van der Waals surface area contributed by atoms with E-state index in [0.29, 0.717) is 11.3 Å². The summed E-state index contributed by atoms with van der Waals surface area (Å²) in [6, 6.07) is 8.00. The first kappa shape index (κ1) is 10.4. The van der Waals surface area contributed by atoms with E-state index in [-0.39, 0.29) is 0 Å². The van der Waals surface area contributed by atoms with Crippen LogP contribution in [0.4, 0.5) is 4.39 Å². The molecule has 0 atom stereocenters. The molecular formula is C12H10FN3. The monoisotopic (exact) mass is 215 g/mol. The van der Waals surface area contributed by atoms with Crippen LogP contribution in [-0.4, -0.2) is 9.78 Å². The first-order valence-corrected chi connectivity index (χ1v) is 4.84. The highest BCUT2D eigenvalue weighted by Gasteiger charge is 2.06. The standard InChI is InChI=1S/C12H10FN3/c1-8-3-9(2)16(15-8)12-5-10(7-14)4-11(13)6-12/h3-6H,1-2H3. The number of aromatic nitrogens is 2. The Morgan fingerprint density at radius 1 is 1.25 bits per heavy atom. The highest BCUT2D eigenvalue weighted by atomic mass is 19.1. The Morgan fingerprint density at radius 3 is 2.56 bits per heavy atom. The first-order valence-electron chi connectivity index (χ1n) is 4.84. The molecule has 0 aliphatic rings. The Balaban J connectivity index is 2.60. The molecule has 2 aromatic rings. The molecule has 3 nitrogen and oxygen atoms in total. The van der Waals surface area contributed by atoms with Gasteiger partial charge in [-0.05, 0) is 38.1 Å². The van der Waals surface area contributed by atoms with Gasteiger partial charge >= 0.3 is 0 Å². The molecule has 1 heterocycles. The zero-order valence-corrected chi connectivity index (χ0v) is 9.03. The van der Waals surface area contributed by atoms with Crippen LogP contribution >= 0.6 is 0 Å². The van der Waals surface area contributed by atoms with Crippen LogP contribution in [0.5, 0.6) is 0 Å². The van der Waals surface area contributed by atoms with Crippen molar-refractivity contribution in [3.63, 3.8) is 0 Å². The van der Waals surface area contributed by atoms with E-state index in [0.717, 1.165) is 11.4 Å². The molecule has 0 radical (unpaired) electrons. The van der Waals surface area contributed by atoms with Crippen molar-refractivity contribution in [1.29, 1.82) is 5.26 Å². The van der Waals surface area contributed by atoms with Crippen molar-refractivity contribution in [2.24, 2.45) is 0 Å². The minimum atomic E-state index is -0.429. The van der Waals surface area contributed by atoms with Crippen LogP contribution in [0.2, 0.25) is 0 Å². The molecule has 1 aromatic heterocycles. The number of hydrogen-bond acceptors (Lipinski definition) is 2. The van der Waals surface area contributed by atoms with Gasteiger partial charge < -0.3 is 0 Å². The van der Waals surface area contributed by atoms with Gasteiger partial charge in [-0.25, -0.2) is 9.07 Å². The molecule has 0 amide bonds. The summed E-state index contributed by atoms with van der Waals surface area (Å²) in [6.45, 7) is 3.75. The third-order valence-electron chi connectivity index (χ3n) is 2.27. The average molecular weight is 215 g/mol. The van der Waals surface area contributed by atoms with Gasteiger partial charge in [0, 0.05) is 5.69 Å². The Hall–Kier alpha value is -2.15. The van der Waals surface area contributed by atoms with Crippen molar-refractivity contribution in [3.8, 4) is 11.8 Å². The fourth-order valence-corrected chi connectivity index (χ4v) is 1.65. The lowest BCUT2D eigenvalue weighted by atomic mass is 10.2. The summed E-state index contributed by atoms with van der Waals surface area (Å²) in [5.74, 6) is -0.429. The summed E-state index contributed by atoms with van der Waals surface area (Å²) in [5, 5.41) is 13.0. The van der Waals surface area contributed by atoms with E-state index >= 15 is 0 Å². The maximum Gasteiger partial charge on any atom is 0.126 e. The zero-order valence-electron chi connectivity index (χ0n) is 9.03. The molecule has 0 N–H and O–H groups in total. The van der Waals surface area contributed by atoms with Gasteiger partial charge in [0.1, 0.15) is 5.82 Å². The fraction of sp³-hybridized carbons (Fsp3) is 0.167. The molecular weight excluding hydrogens is 205 g/mol. The van der Waals surface area contributed by atoms with Crippen molar-refractivity contribution in [1.82, 2.24) is 9.78 Å². The molecule has 1 aromatic carbocycles. The third-order valence-corrected chi connectivity index (χ3v) is 2.27. The molecule has 80 valence electrons. The molecule has 0 saturated carbocycles. The van der Waals surface area contributed by atoms with Gasteiger partial charge in [0.15, 0.2) is 0 Å². The Kier molecular flexibility index (Phi) is 2.45. The highest BCUT2D eigenvalue weighted by molar-refractivity contribution is 5.42. The highest BCUT2D eigenvalue weighted by Crippen LogP contribution is 2.15. The largest absolute Gasteiger partial charge is 0.238 e. The average Bonchev–Trinajstić information content (AvgIpc) is 2.57. The summed E-state index contributed by atoms with van der Waals surface area (Å²) in [5.41, 5.74) is 2.64. The van der Waals surface area contributed by atoms with E-state index in [1.807, 2.05) is 26.0 Å². The second-order valence-corrected chi connectivity index (χ2v) is 3.65. The number of hydrogen-bond donors (Lipinski definition) is 0. The molecule has 0 bridgehead atoms. The lowest BCUT2D eigenvalue weighted by Crippen LogP contribution is -2.00. The molecule has 16 heavy (non-hydrogen) atoms. The van der Waals surface area contributed by atoms with Gasteiger partial charge in [-0.15, -0.1) is 0 Å². The van der Waals surface area contributed by atoms with E-state index in [4.69, 9.17) is 5.26 Å². The van der Waals surface area contributed by atoms with Gasteiger partial charge in [-0.2, -0.15) is 10.4 Å². The van der Waals surface area contributed by atoms with E-state index < -0.39 is 5.82 Å². The predicted molar refractivity (Wildman–Crippen MR) is 57.7 cm³/mol. The maximum absolute atomic E-state index is 13.2. The van der Waals surface area contributed by atoms with Crippen molar-refractivity contribution in [2.75, 3.05) is 0 Å². The first-order chi connectivity index (χ1) is 7.60. The smallest absolute Gasteiger partial charge is 0.126 e. The van der Waals surface area contributed by atoms with Crippen LogP contribution in [0.25, 0.3) is 5.69 Å². The molecule has 0 aliphatic heterocycles. The van der Waals surface area contributed by atoms with E-state index in [9.17, 15) is 4.39 Å². The predicted octanol–water partition coefficient (Wildman–Crippen LogP) is 2.50. The van der Waals surface area contributed by atoms with Gasteiger partial charge in [0.05, 0.1) is 23.0 Å². The normalized spacial score (nSPS) is 10.1. The number of benzene rings is 1. The minimum Gasteiger partial charge on any atom is -0.238 e. The number of nitriles is 1. The Labute approximate surface area is 92.7 Å². The third kappa shape index (κ3) is 1.80. The summed E-state index contributed by atoms with van der Waals surface area (Å²) in [7, 11) is 0. The van der Waals surface area contributed by atoms with E-state index in [2.05, 4.69) is 5.10 Å². The lowest BCUT2D eigenvalue weighted by molar-refractivity contribution is 0.624. The van der Waals surface area contributed by atoms with Gasteiger partial charge in [-0.3, -0.25) is 0 Å². The SMILES string of the molecule is Cc1cc(C)n(-c2cc(F)cc(C#N)c2)n1. The molecule has 0 spiro atoms.